The molecule has 0 saturated carbocycles. The minimum Gasteiger partial charge on any atom is -0.377 e. The molecule has 96 valence electrons. The second kappa shape index (κ2) is 8.14. The molecular formula is C13H23N3O. The molecular weight excluding hydrogens is 214 g/mol. The van der Waals surface area contributed by atoms with Gasteiger partial charge in [0.25, 0.3) is 0 Å². The summed E-state index contributed by atoms with van der Waals surface area (Å²) in [4.78, 5) is 8.17. The van der Waals surface area contributed by atoms with Crippen molar-refractivity contribution in [3.05, 3.63) is 24.3 Å². The van der Waals surface area contributed by atoms with Crippen molar-refractivity contribution in [3.8, 4) is 0 Å². The van der Waals surface area contributed by atoms with Crippen molar-refractivity contribution >= 4 is 0 Å². The van der Waals surface area contributed by atoms with E-state index >= 15 is 0 Å². The van der Waals surface area contributed by atoms with Gasteiger partial charge < -0.3 is 10.1 Å². The molecule has 0 fully saturated rings. The number of aromatic nitrogens is 2. The fraction of sp³-hybridized carbons (Fsp3) is 0.692. The Morgan fingerprint density at radius 2 is 1.94 bits per heavy atom. The first-order chi connectivity index (χ1) is 8.33. The Labute approximate surface area is 104 Å². The van der Waals surface area contributed by atoms with E-state index in [4.69, 9.17) is 4.74 Å². The van der Waals surface area contributed by atoms with E-state index in [1.54, 1.807) is 6.33 Å². The molecule has 0 aliphatic rings. The van der Waals surface area contributed by atoms with Crippen molar-refractivity contribution in [2.75, 3.05) is 13.2 Å². The van der Waals surface area contributed by atoms with Gasteiger partial charge in [0.1, 0.15) is 6.33 Å². The van der Waals surface area contributed by atoms with Crippen LogP contribution in [0.25, 0.3) is 0 Å². The van der Waals surface area contributed by atoms with Crippen molar-refractivity contribution in [3.63, 3.8) is 0 Å². The number of hydrogen-bond acceptors (Lipinski definition) is 4. The molecule has 1 N–H and O–H groups in total. The van der Waals surface area contributed by atoms with E-state index in [1.165, 1.54) is 0 Å². The number of hydrogen-bond donors (Lipinski definition) is 1. The van der Waals surface area contributed by atoms with Crippen molar-refractivity contribution in [2.24, 2.45) is 0 Å². The average molecular weight is 237 g/mol. The standard InChI is InChI=1S/C13H23N3O/c1-4-7-12(17-6-3)13(16-5-2)11-8-14-10-15-9-11/h8-10,12-13,16H,4-7H2,1-3H3. The Hall–Kier alpha value is -1.00. The van der Waals surface area contributed by atoms with E-state index in [9.17, 15) is 0 Å². The summed E-state index contributed by atoms with van der Waals surface area (Å²) in [6, 6.07) is 0.182. The van der Waals surface area contributed by atoms with Crippen LogP contribution in [0.2, 0.25) is 0 Å². The lowest BCUT2D eigenvalue weighted by Crippen LogP contribution is -2.34. The third-order valence-corrected chi connectivity index (χ3v) is 2.69. The SMILES string of the molecule is CCCC(OCC)C(NCC)c1cncnc1. The summed E-state index contributed by atoms with van der Waals surface area (Å²) >= 11 is 0. The van der Waals surface area contributed by atoms with Crippen LogP contribution in [-0.2, 0) is 4.74 Å². The summed E-state index contributed by atoms with van der Waals surface area (Å²) in [6.07, 6.45) is 7.63. The zero-order valence-electron chi connectivity index (χ0n) is 11.0. The number of likely N-dealkylation sites (N-methyl/N-ethyl adjacent to an activating group) is 1. The van der Waals surface area contributed by atoms with Crippen LogP contribution in [0, 0.1) is 0 Å². The molecule has 0 aromatic carbocycles. The van der Waals surface area contributed by atoms with E-state index in [0.29, 0.717) is 0 Å². The van der Waals surface area contributed by atoms with Gasteiger partial charge >= 0.3 is 0 Å². The Morgan fingerprint density at radius 1 is 1.24 bits per heavy atom. The topological polar surface area (TPSA) is 47.0 Å². The molecule has 0 bridgehead atoms. The highest BCUT2D eigenvalue weighted by Gasteiger charge is 2.22. The van der Waals surface area contributed by atoms with E-state index in [2.05, 4.69) is 29.1 Å². The van der Waals surface area contributed by atoms with Gasteiger partial charge in [-0.2, -0.15) is 0 Å². The van der Waals surface area contributed by atoms with Crippen LogP contribution in [0.1, 0.15) is 45.2 Å². The van der Waals surface area contributed by atoms with Crippen LogP contribution < -0.4 is 5.32 Å². The molecule has 0 spiro atoms. The van der Waals surface area contributed by atoms with Gasteiger partial charge in [0, 0.05) is 24.6 Å². The summed E-state index contributed by atoms with van der Waals surface area (Å²) in [5, 5.41) is 3.46. The molecule has 0 aliphatic carbocycles. The second-order valence-corrected chi connectivity index (χ2v) is 3.99. The van der Waals surface area contributed by atoms with Crippen LogP contribution in [0.5, 0.6) is 0 Å². The molecule has 1 rings (SSSR count). The fourth-order valence-electron chi connectivity index (χ4n) is 2.00. The van der Waals surface area contributed by atoms with Gasteiger partial charge in [-0.1, -0.05) is 20.3 Å². The first-order valence-electron chi connectivity index (χ1n) is 6.43. The summed E-state index contributed by atoms with van der Waals surface area (Å²) in [5.41, 5.74) is 1.10. The van der Waals surface area contributed by atoms with Gasteiger partial charge in [-0.3, -0.25) is 0 Å². The highest BCUT2D eigenvalue weighted by Crippen LogP contribution is 2.21. The summed E-state index contributed by atoms with van der Waals surface area (Å²) in [7, 11) is 0. The molecule has 4 heteroatoms. The predicted octanol–water partition coefficient (Wildman–Crippen LogP) is 2.33. The quantitative estimate of drug-likeness (QED) is 0.754. The van der Waals surface area contributed by atoms with Gasteiger partial charge in [-0.05, 0) is 19.9 Å². The molecule has 0 radical (unpaired) electrons. The van der Waals surface area contributed by atoms with Gasteiger partial charge in [0.05, 0.1) is 12.1 Å². The lowest BCUT2D eigenvalue weighted by molar-refractivity contribution is 0.0278. The lowest BCUT2D eigenvalue weighted by Gasteiger charge is -2.27. The zero-order valence-corrected chi connectivity index (χ0v) is 11.0. The highest BCUT2D eigenvalue weighted by atomic mass is 16.5. The minimum absolute atomic E-state index is 0.182. The Morgan fingerprint density at radius 3 is 2.47 bits per heavy atom. The van der Waals surface area contributed by atoms with Gasteiger partial charge in [-0.15, -0.1) is 0 Å². The molecule has 2 unspecified atom stereocenters. The number of nitrogens with one attached hydrogen (secondary N) is 1. The lowest BCUT2D eigenvalue weighted by atomic mass is 10.0. The Kier molecular flexibility index (Phi) is 6.74. The van der Waals surface area contributed by atoms with Gasteiger partial charge in [-0.25, -0.2) is 9.97 Å². The maximum Gasteiger partial charge on any atom is 0.115 e. The van der Waals surface area contributed by atoms with Crippen LogP contribution in [0.3, 0.4) is 0 Å². The molecule has 4 nitrogen and oxygen atoms in total. The molecule has 2 atom stereocenters. The third-order valence-electron chi connectivity index (χ3n) is 2.69. The van der Waals surface area contributed by atoms with E-state index in [0.717, 1.165) is 31.6 Å². The molecule has 1 heterocycles. The molecule has 0 aliphatic heterocycles. The number of nitrogens with zero attached hydrogens (tertiary/aromatic N) is 2. The molecule has 1 aromatic rings. The molecule has 0 amide bonds. The van der Waals surface area contributed by atoms with Crippen LogP contribution in [-0.4, -0.2) is 29.2 Å². The highest BCUT2D eigenvalue weighted by molar-refractivity contribution is 5.11. The fourth-order valence-corrected chi connectivity index (χ4v) is 2.00. The predicted molar refractivity (Wildman–Crippen MR) is 68.8 cm³/mol. The zero-order chi connectivity index (χ0) is 12.5. The molecule has 0 saturated heterocycles. The monoisotopic (exact) mass is 237 g/mol. The second-order valence-electron chi connectivity index (χ2n) is 3.99. The summed E-state index contributed by atoms with van der Waals surface area (Å²) in [6.45, 7) is 7.96. The van der Waals surface area contributed by atoms with Crippen LogP contribution in [0.15, 0.2) is 18.7 Å². The van der Waals surface area contributed by atoms with Crippen molar-refractivity contribution in [1.82, 2.24) is 15.3 Å². The van der Waals surface area contributed by atoms with Crippen molar-refractivity contribution in [1.29, 1.82) is 0 Å². The first kappa shape index (κ1) is 14.1. The average Bonchev–Trinajstić information content (AvgIpc) is 2.37. The van der Waals surface area contributed by atoms with Crippen LogP contribution >= 0.6 is 0 Å². The minimum atomic E-state index is 0.182. The van der Waals surface area contributed by atoms with Gasteiger partial charge in [0.15, 0.2) is 0 Å². The molecule has 1 aromatic heterocycles. The summed E-state index contributed by atoms with van der Waals surface area (Å²) in [5.74, 6) is 0. The van der Waals surface area contributed by atoms with E-state index in [-0.39, 0.29) is 12.1 Å². The first-order valence-corrected chi connectivity index (χ1v) is 6.43. The molecule has 17 heavy (non-hydrogen) atoms. The normalized spacial score (nSPS) is 14.5. The Bertz CT molecular complexity index is 286. The summed E-state index contributed by atoms with van der Waals surface area (Å²) < 4.78 is 5.83. The van der Waals surface area contributed by atoms with Gasteiger partial charge in [0.2, 0.25) is 0 Å². The van der Waals surface area contributed by atoms with E-state index in [1.807, 2.05) is 19.3 Å². The maximum absolute atomic E-state index is 5.83. The largest absolute Gasteiger partial charge is 0.377 e. The van der Waals surface area contributed by atoms with Crippen LogP contribution in [0.4, 0.5) is 0 Å². The third kappa shape index (κ3) is 4.40. The van der Waals surface area contributed by atoms with E-state index < -0.39 is 0 Å². The number of rotatable bonds is 8. The maximum atomic E-state index is 5.83. The van der Waals surface area contributed by atoms with Crippen molar-refractivity contribution < 1.29 is 4.74 Å². The number of ether oxygens (including phenoxy) is 1. The van der Waals surface area contributed by atoms with Crippen molar-refractivity contribution in [2.45, 2.75) is 45.8 Å². The Balaban J connectivity index is 2.81. The smallest absolute Gasteiger partial charge is 0.115 e.